The molecule has 1 fully saturated rings. The number of piperidine rings is 1. The third-order valence-electron chi connectivity index (χ3n) is 4.53. The van der Waals surface area contributed by atoms with Crippen LogP contribution in [0.1, 0.15) is 56.8 Å². The second kappa shape index (κ2) is 5.59. The Labute approximate surface area is 115 Å². The number of aromatic nitrogens is 3. The predicted molar refractivity (Wildman–Crippen MR) is 74.8 cm³/mol. The number of hydrogen-bond donors (Lipinski definition) is 1. The molecule has 0 radical (unpaired) electrons. The first-order valence-corrected chi connectivity index (χ1v) is 7.72. The van der Waals surface area contributed by atoms with E-state index < -0.39 is 0 Å². The van der Waals surface area contributed by atoms with Gasteiger partial charge in [-0.05, 0) is 38.8 Å². The molecule has 3 heterocycles. The molecule has 2 N–H and O–H groups in total. The highest BCUT2D eigenvalue weighted by atomic mass is 15.4. The van der Waals surface area contributed by atoms with Crippen molar-refractivity contribution in [3.63, 3.8) is 0 Å². The Morgan fingerprint density at radius 3 is 2.95 bits per heavy atom. The van der Waals surface area contributed by atoms with Crippen LogP contribution in [0, 0.1) is 0 Å². The zero-order valence-corrected chi connectivity index (χ0v) is 11.9. The van der Waals surface area contributed by atoms with Crippen LogP contribution in [0.4, 0.5) is 0 Å². The largest absolute Gasteiger partial charge is 0.310 e. The summed E-state index contributed by atoms with van der Waals surface area (Å²) in [7, 11) is 0. The van der Waals surface area contributed by atoms with Crippen LogP contribution in [0.15, 0.2) is 0 Å². The number of hydrogen-bond acceptors (Lipinski definition) is 4. The van der Waals surface area contributed by atoms with Crippen LogP contribution in [0.25, 0.3) is 0 Å². The molecule has 2 aliphatic heterocycles. The Hall–Kier alpha value is -0.940. The summed E-state index contributed by atoms with van der Waals surface area (Å²) in [5.74, 6) is 2.09. The third-order valence-corrected chi connectivity index (χ3v) is 4.53. The van der Waals surface area contributed by atoms with Gasteiger partial charge in [0.2, 0.25) is 0 Å². The molecular weight excluding hydrogens is 238 g/mol. The molecule has 2 aliphatic rings. The fourth-order valence-electron chi connectivity index (χ4n) is 3.44. The molecule has 3 rings (SSSR count). The monoisotopic (exact) mass is 263 g/mol. The van der Waals surface area contributed by atoms with E-state index in [1.54, 1.807) is 0 Å². The lowest BCUT2D eigenvalue weighted by molar-refractivity contribution is 0.153. The Morgan fingerprint density at radius 1 is 1.26 bits per heavy atom. The zero-order valence-electron chi connectivity index (χ0n) is 11.9. The second-order valence-corrected chi connectivity index (χ2v) is 5.83. The van der Waals surface area contributed by atoms with Crippen LogP contribution in [0.2, 0.25) is 0 Å². The van der Waals surface area contributed by atoms with Crippen molar-refractivity contribution in [1.82, 2.24) is 19.7 Å². The molecule has 19 heavy (non-hydrogen) atoms. The second-order valence-electron chi connectivity index (χ2n) is 5.83. The average Bonchev–Trinajstić information content (AvgIpc) is 2.83. The molecule has 106 valence electrons. The van der Waals surface area contributed by atoms with E-state index in [0.717, 1.165) is 43.9 Å². The van der Waals surface area contributed by atoms with Gasteiger partial charge in [-0.1, -0.05) is 13.3 Å². The Bertz CT molecular complexity index is 427. The lowest BCUT2D eigenvalue weighted by Crippen LogP contribution is -2.40. The lowest BCUT2D eigenvalue weighted by atomic mass is 9.99. The molecule has 1 aromatic rings. The summed E-state index contributed by atoms with van der Waals surface area (Å²) >= 11 is 0. The molecule has 0 aliphatic carbocycles. The highest BCUT2D eigenvalue weighted by Gasteiger charge is 2.25. The van der Waals surface area contributed by atoms with E-state index >= 15 is 0 Å². The van der Waals surface area contributed by atoms with Crippen molar-refractivity contribution in [3.05, 3.63) is 11.6 Å². The molecule has 1 aromatic heterocycles. The molecule has 0 saturated carbocycles. The van der Waals surface area contributed by atoms with Crippen molar-refractivity contribution in [2.45, 2.75) is 64.1 Å². The fourth-order valence-corrected chi connectivity index (χ4v) is 3.44. The van der Waals surface area contributed by atoms with Gasteiger partial charge in [0, 0.05) is 18.9 Å². The molecule has 0 bridgehead atoms. The van der Waals surface area contributed by atoms with Crippen LogP contribution in [0.5, 0.6) is 0 Å². The van der Waals surface area contributed by atoms with Gasteiger partial charge in [0.25, 0.3) is 0 Å². The first kappa shape index (κ1) is 13.1. The number of aryl methyl sites for hydroxylation is 1. The van der Waals surface area contributed by atoms with E-state index in [4.69, 9.17) is 10.7 Å². The highest BCUT2D eigenvalue weighted by molar-refractivity contribution is 5.00. The molecule has 0 aromatic carbocycles. The minimum atomic E-state index is 0.0404. The highest BCUT2D eigenvalue weighted by Crippen LogP contribution is 2.22. The van der Waals surface area contributed by atoms with Crippen LogP contribution in [-0.4, -0.2) is 38.8 Å². The molecule has 1 saturated heterocycles. The van der Waals surface area contributed by atoms with Crippen LogP contribution in [0.3, 0.4) is 0 Å². The van der Waals surface area contributed by atoms with Gasteiger partial charge in [0.05, 0.1) is 0 Å². The van der Waals surface area contributed by atoms with Crippen LogP contribution >= 0.6 is 0 Å². The number of nitrogens with zero attached hydrogens (tertiary/aromatic N) is 4. The molecule has 5 nitrogen and oxygen atoms in total. The van der Waals surface area contributed by atoms with Gasteiger partial charge in [-0.2, -0.15) is 5.10 Å². The Kier molecular flexibility index (Phi) is 3.84. The lowest BCUT2D eigenvalue weighted by Gasteiger charge is -2.34. The average molecular weight is 263 g/mol. The molecular formula is C14H25N5. The van der Waals surface area contributed by atoms with E-state index in [0.29, 0.717) is 6.04 Å². The Balaban J connectivity index is 1.72. The molecule has 2 atom stereocenters. The SMILES string of the molecule is CCN1CCCCC1Cc1nc2n(n1)C(N)CCC2. The van der Waals surface area contributed by atoms with E-state index in [1.807, 2.05) is 4.68 Å². The van der Waals surface area contributed by atoms with Crippen molar-refractivity contribution >= 4 is 0 Å². The summed E-state index contributed by atoms with van der Waals surface area (Å²) in [5.41, 5.74) is 6.10. The summed E-state index contributed by atoms with van der Waals surface area (Å²) in [6, 6.07) is 0.624. The Morgan fingerprint density at radius 2 is 2.16 bits per heavy atom. The normalized spacial score (nSPS) is 28.3. The van der Waals surface area contributed by atoms with E-state index in [2.05, 4.69) is 16.9 Å². The zero-order chi connectivity index (χ0) is 13.2. The van der Waals surface area contributed by atoms with Gasteiger partial charge in [0.1, 0.15) is 12.0 Å². The van der Waals surface area contributed by atoms with Crippen LogP contribution < -0.4 is 5.73 Å². The quantitative estimate of drug-likeness (QED) is 0.897. The van der Waals surface area contributed by atoms with Gasteiger partial charge in [0.15, 0.2) is 5.82 Å². The summed E-state index contributed by atoms with van der Waals surface area (Å²) in [6.07, 6.45) is 8.19. The first-order valence-electron chi connectivity index (χ1n) is 7.72. The maximum absolute atomic E-state index is 6.10. The van der Waals surface area contributed by atoms with Crippen molar-refractivity contribution in [1.29, 1.82) is 0 Å². The van der Waals surface area contributed by atoms with E-state index in [9.17, 15) is 0 Å². The summed E-state index contributed by atoms with van der Waals surface area (Å²) in [5, 5.41) is 4.65. The topological polar surface area (TPSA) is 60.0 Å². The summed E-state index contributed by atoms with van der Waals surface area (Å²) < 4.78 is 1.96. The first-order chi connectivity index (χ1) is 9.28. The van der Waals surface area contributed by atoms with E-state index in [1.165, 1.54) is 25.8 Å². The molecule has 5 heteroatoms. The number of likely N-dealkylation sites (tertiary alicyclic amines) is 1. The van der Waals surface area contributed by atoms with Gasteiger partial charge >= 0.3 is 0 Å². The van der Waals surface area contributed by atoms with Crippen molar-refractivity contribution in [2.24, 2.45) is 5.73 Å². The van der Waals surface area contributed by atoms with Gasteiger partial charge in [-0.3, -0.25) is 0 Å². The minimum Gasteiger partial charge on any atom is -0.310 e. The number of fused-ring (bicyclic) bond motifs is 1. The molecule has 0 spiro atoms. The van der Waals surface area contributed by atoms with Crippen LogP contribution in [-0.2, 0) is 12.8 Å². The standard InChI is InChI=1S/C14H25N5/c1-2-18-9-4-3-6-11(18)10-13-16-14-8-5-7-12(15)19(14)17-13/h11-12H,2-10,15H2,1H3. The number of nitrogens with two attached hydrogens (primary N) is 1. The smallest absolute Gasteiger partial charge is 0.152 e. The molecule has 0 amide bonds. The summed E-state index contributed by atoms with van der Waals surface area (Å²) in [6.45, 7) is 4.62. The number of rotatable bonds is 3. The van der Waals surface area contributed by atoms with Crippen molar-refractivity contribution < 1.29 is 0 Å². The van der Waals surface area contributed by atoms with E-state index in [-0.39, 0.29) is 6.17 Å². The predicted octanol–water partition coefficient (Wildman–Crippen LogP) is 1.49. The van der Waals surface area contributed by atoms with Crippen molar-refractivity contribution in [2.75, 3.05) is 13.1 Å². The maximum Gasteiger partial charge on any atom is 0.152 e. The fraction of sp³-hybridized carbons (Fsp3) is 0.857. The minimum absolute atomic E-state index is 0.0404. The third kappa shape index (κ3) is 2.67. The maximum atomic E-state index is 6.10. The van der Waals surface area contributed by atoms with Gasteiger partial charge in [-0.25, -0.2) is 9.67 Å². The van der Waals surface area contributed by atoms with Gasteiger partial charge < -0.3 is 10.6 Å². The number of likely N-dealkylation sites (N-methyl/N-ethyl adjacent to an activating group) is 1. The van der Waals surface area contributed by atoms with Crippen molar-refractivity contribution in [3.8, 4) is 0 Å². The molecule has 2 unspecified atom stereocenters. The summed E-state index contributed by atoms with van der Waals surface area (Å²) in [4.78, 5) is 7.28. The van der Waals surface area contributed by atoms with Gasteiger partial charge in [-0.15, -0.1) is 0 Å².